The van der Waals surface area contributed by atoms with Crippen LogP contribution >= 0.6 is 0 Å². The highest BCUT2D eigenvalue weighted by Gasteiger charge is 2.22. The van der Waals surface area contributed by atoms with Gasteiger partial charge in [-0.25, -0.2) is 0 Å². The minimum Gasteiger partial charge on any atom is -0.449 e. The van der Waals surface area contributed by atoms with Gasteiger partial charge in [0.15, 0.2) is 0 Å². The van der Waals surface area contributed by atoms with Gasteiger partial charge in [-0.3, -0.25) is 0 Å². The van der Waals surface area contributed by atoms with E-state index in [1.165, 1.54) is 6.55 Å². The Morgan fingerprint density at radius 2 is 1.75 bits per heavy atom. The second-order valence-corrected chi connectivity index (χ2v) is 11.4. The third-order valence-corrected chi connectivity index (χ3v) is 7.05. The molecule has 0 spiro atoms. The van der Waals surface area contributed by atoms with Crippen molar-refractivity contribution in [2.45, 2.75) is 6.55 Å². The molecule has 0 aromatic carbocycles. The smallest absolute Gasteiger partial charge is 0.449 e. The first-order valence-electron chi connectivity index (χ1n) is 3.29. The molecule has 0 rings (SSSR count). The van der Waals surface area contributed by atoms with Crippen molar-refractivity contribution < 1.29 is 26.1 Å². The molecule has 0 radical (unpaired) electrons. The van der Waals surface area contributed by atoms with Gasteiger partial charge in [-0.15, -0.1) is 0 Å². The highest BCUT2D eigenvalue weighted by atomic mass is 28.4. The fourth-order valence-electron chi connectivity index (χ4n) is 0.364. The molecule has 0 saturated heterocycles. The molecular formula is CH14O6Si5. The summed E-state index contributed by atoms with van der Waals surface area (Å²) in [5, 5.41) is 0. The molecule has 2 N–H and O–H groups in total. The summed E-state index contributed by atoms with van der Waals surface area (Å²) in [5.41, 5.74) is 0. The summed E-state index contributed by atoms with van der Waals surface area (Å²) in [4.78, 5) is 17.6. The third kappa shape index (κ3) is 10.8. The van der Waals surface area contributed by atoms with Gasteiger partial charge in [0.25, 0.3) is 30.0 Å². The van der Waals surface area contributed by atoms with E-state index in [9.17, 15) is 0 Å². The standard InChI is InChI=1S/CH14O6Si5/c1-12(2,3)7-11-6-10-5-9-4-8/h2-3H,9-11H2,1,8H3. The van der Waals surface area contributed by atoms with Crippen molar-refractivity contribution in [3.8, 4) is 0 Å². The lowest BCUT2D eigenvalue weighted by molar-refractivity contribution is 0.239. The zero-order valence-electron chi connectivity index (χ0n) is 7.15. The minimum absolute atomic E-state index is 0.711. The number of rotatable bonds is 7. The second-order valence-electron chi connectivity index (χ2n) is 2.13. The molecule has 0 atom stereocenters. The molecule has 0 saturated carbocycles. The van der Waals surface area contributed by atoms with Gasteiger partial charge in [-0.2, -0.15) is 0 Å². The van der Waals surface area contributed by atoms with E-state index in [1.54, 1.807) is 0 Å². The van der Waals surface area contributed by atoms with Crippen molar-refractivity contribution in [3.05, 3.63) is 0 Å². The maximum atomic E-state index is 8.81. The van der Waals surface area contributed by atoms with E-state index < -0.39 is 38.8 Å². The fourth-order valence-corrected chi connectivity index (χ4v) is 6.58. The van der Waals surface area contributed by atoms with Gasteiger partial charge in [0.05, 0.1) is 0 Å². The summed E-state index contributed by atoms with van der Waals surface area (Å²) in [6, 6.07) is 0. The number of hydrogen-bond donors (Lipinski definition) is 2. The van der Waals surface area contributed by atoms with E-state index in [4.69, 9.17) is 26.1 Å². The van der Waals surface area contributed by atoms with Crippen LogP contribution in [0.4, 0.5) is 0 Å². The molecule has 0 aliphatic carbocycles. The van der Waals surface area contributed by atoms with Gasteiger partial charge in [0, 0.05) is 6.55 Å². The zero-order valence-corrected chi connectivity index (χ0v) is 14.4. The molecule has 12 heavy (non-hydrogen) atoms. The molecule has 0 aromatic heterocycles. The van der Waals surface area contributed by atoms with E-state index in [1.807, 2.05) is 0 Å². The molecule has 0 aliphatic heterocycles. The van der Waals surface area contributed by atoms with Crippen LogP contribution in [0.2, 0.25) is 6.55 Å². The van der Waals surface area contributed by atoms with Crippen LogP contribution < -0.4 is 0 Å². The van der Waals surface area contributed by atoms with Crippen LogP contribution in [0, 0.1) is 0 Å². The maximum Gasteiger partial charge on any atom is 0.482 e. The Morgan fingerprint density at radius 1 is 1.17 bits per heavy atom. The largest absolute Gasteiger partial charge is 0.482 e. The van der Waals surface area contributed by atoms with Crippen LogP contribution in [0.25, 0.3) is 0 Å². The molecule has 11 heteroatoms. The molecule has 6 nitrogen and oxygen atoms in total. The van der Waals surface area contributed by atoms with Crippen LogP contribution in [0.15, 0.2) is 0 Å². The fraction of sp³-hybridized carbons (Fsp3) is 1.00. The highest BCUT2D eigenvalue weighted by Crippen LogP contribution is 1.90. The van der Waals surface area contributed by atoms with Crippen molar-refractivity contribution in [1.29, 1.82) is 0 Å². The molecule has 74 valence electrons. The van der Waals surface area contributed by atoms with E-state index >= 15 is 0 Å². The van der Waals surface area contributed by atoms with Gasteiger partial charge < -0.3 is 26.1 Å². The van der Waals surface area contributed by atoms with Gasteiger partial charge in [-0.1, -0.05) is 0 Å². The summed E-state index contributed by atoms with van der Waals surface area (Å²) in [7, 11) is -5.63. The first-order chi connectivity index (χ1) is 5.56. The molecule has 0 bridgehead atoms. The molecule has 0 heterocycles. The Bertz CT molecular complexity index is 103. The number of hydrogen-bond acceptors (Lipinski definition) is 6. The Kier molecular flexibility index (Phi) is 7.78. The van der Waals surface area contributed by atoms with Crippen molar-refractivity contribution in [3.63, 3.8) is 0 Å². The second kappa shape index (κ2) is 7.27. The quantitative estimate of drug-likeness (QED) is 0.353. The van der Waals surface area contributed by atoms with Crippen molar-refractivity contribution in [1.82, 2.24) is 0 Å². The Morgan fingerprint density at radius 3 is 2.25 bits per heavy atom. The molecule has 0 fully saturated rings. The average molecular weight is 263 g/mol. The predicted molar refractivity (Wildman–Crippen MR) is 56.0 cm³/mol. The van der Waals surface area contributed by atoms with Crippen molar-refractivity contribution in [2.24, 2.45) is 0 Å². The molecular weight excluding hydrogens is 248 g/mol. The summed E-state index contributed by atoms with van der Waals surface area (Å²) in [6.07, 6.45) is 0. The van der Waals surface area contributed by atoms with Crippen molar-refractivity contribution in [2.75, 3.05) is 0 Å². The minimum atomic E-state index is -3.34. The predicted octanol–water partition coefficient (Wildman–Crippen LogP) is -5.12. The van der Waals surface area contributed by atoms with E-state index in [0.29, 0.717) is 10.5 Å². The maximum absolute atomic E-state index is 8.81. The van der Waals surface area contributed by atoms with Crippen LogP contribution in [0.1, 0.15) is 0 Å². The highest BCUT2D eigenvalue weighted by molar-refractivity contribution is 6.62. The van der Waals surface area contributed by atoms with Gasteiger partial charge in [-0.05, 0) is 0 Å². The topological polar surface area (TPSA) is 77.4 Å². The lowest BCUT2D eigenvalue weighted by Crippen LogP contribution is -2.37. The Balaban J connectivity index is 3.01. The summed E-state index contributed by atoms with van der Waals surface area (Å²) in [5.74, 6) is 0. The third-order valence-electron chi connectivity index (χ3n) is 0.784. The van der Waals surface area contributed by atoms with E-state index in [-0.39, 0.29) is 0 Å². The van der Waals surface area contributed by atoms with Gasteiger partial charge >= 0.3 is 8.80 Å². The van der Waals surface area contributed by atoms with Crippen LogP contribution in [-0.4, -0.2) is 58.9 Å². The van der Waals surface area contributed by atoms with Crippen molar-refractivity contribution >= 4 is 49.3 Å². The lowest BCUT2D eigenvalue weighted by atomic mass is 11.9. The van der Waals surface area contributed by atoms with Crippen LogP contribution in [0.5, 0.6) is 0 Å². The Labute approximate surface area is 82.3 Å². The first-order valence-corrected chi connectivity index (χ1v) is 9.87. The van der Waals surface area contributed by atoms with Crippen LogP contribution in [-0.2, 0) is 16.5 Å². The normalized spacial score (nSPS) is 15.2. The van der Waals surface area contributed by atoms with Gasteiger partial charge in [0.2, 0.25) is 0 Å². The SMILES string of the molecule is C[Si](O)(O)O[SiH2]O[SiH2]O[SiH2]O[SiH3]. The summed E-state index contributed by atoms with van der Waals surface area (Å²) < 4.78 is 19.7. The van der Waals surface area contributed by atoms with Gasteiger partial charge in [0.1, 0.15) is 10.5 Å². The summed E-state index contributed by atoms with van der Waals surface area (Å²) in [6.45, 7) is 1.28. The first kappa shape index (κ1) is 12.8. The van der Waals surface area contributed by atoms with E-state index in [2.05, 4.69) is 0 Å². The zero-order chi connectivity index (χ0) is 9.45. The average Bonchev–Trinajstić information content (AvgIpc) is 1.94. The molecule has 0 amide bonds. The molecule has 0 unspecified atom stereocenters. The van der Waals surface area contributed by atoms with E-state index in [0.717, 1.165) is 0 Å². The lowest BCUT2D eigenvalue weighted by Gasteiger charge is -2.12. The monoisotopic (exact) mass is 262 g/mol. The summed E-state index contributed by atoms with van der Waals surface area (Å²) >= 11 is 0. The molecule has 0 aromatic rings. The van der Waals surface area contributed by atoms with Crippen LogP contribution in [0.3, 0.4) is 0 Å². The molecule has 0 aliphatic rings. The Hall–Kier alpha value is 0.844.